The number of hydrogen-bond acceptors (Lipinski definition) is 3. The molecule has 2 rings (SSSR count). The van der Waals surface area contributed by atoms with E-state index >= 15 is 0 Å². The lowest BCUT2D eigenvalue weighted by atomic mass is 10.1. The van der Waals surface area contributed by atoms with E-state index in [1.165, 1.54) is 0 Å². The summed E-state index contributed by atoms with van der Waals surface area (Å²) < 4.78 is 0. The fourth-order valence-electron chi connectivity index (χ4n) is 2.46. The van der Waals surface area contributed by atoms with E-state index in [0.29, 0.717) is 0 Å². The van der Waals surface area contributed by atoms with Crippen LogP contribution in [0, 0.1) is 11.8 Å². The predicted octanol–water partition coefficient (Wildman–Crippen LogP) is 5.74. The molecule has 30 heavy (non-hydrogen) atoms. The van der Waals surface area contributed by atoms with E-state index in [2.05, 4.69) is 21.1 Å². The first-order valence-corrected chi connectivity index (χ1v) is 10.1. The van der Waals surface area contributed by atoms with Gasteiger partial charge in [0.1, 0.15) is 0 Å². The molecule has 5 nitrogen and oxygen atoms in total. The maximum atomic E-state index is 12.2. The first kappa shape index (κ1) is 22.8. The lowest BCUT2D eigenvalue weighted by Crippen LogP contribution is -2.31. The van der Waals surface area contributed by atoms with Gasteiger partial charge in [0, 0.05) is 0 Å². The highest BCUT2D eigenvalue weighted by Crippen LogP contribution is 2.06. The van der Waals surface area contributed by atoms with E-state index in [1.54, 1.807) is 0 Å². The molecule has 0 fully saturated rings. The molecular weight excluding hydrogens is 372 g/mol. The number of urea groups is 1. The van der Waals surface area contributed by atoms with E-state index < -0.39 is 6.03 Å². The molecule has 0 saturated heterocycles. The molecule has 0 aromatic heterocycles. The number of benzene rings is 2. The van der Waals surface area contributed by atoms with Crippen molar-refractivity contribution < 1.29 is 4.79 Å². The monoisotopic (exact) mass is 402 g/mol. The minimum atomic E-state index is -0.479. The van der Waals surface area contributed by atoms with Crippen molar-refractivity contribution in [2.24, 2.45) is 22.0 Å². The third-order valence-corrected chi connectivity index (χ3v) is 4.25. The molecule has 156 valence electrons. The van der Waals surface area contributed by atoms with Gasteiger partial charge in [-0.1, -0.05) is 101 Å². The molecule has 2 aromatic carbocycles. The summed E-state index contributed by atoms with van der Waals surface area (Å²) in [6.07, 6.45) is 7.76. The molecule has 2 amide bonds. The molecule has 0 aliphatic rings. The van der Waals surface area contributed by atoms with Crippen molar-refractivity contribution in [2.75, 3.05) is 0 Å². The summed E-state index contributed by atoms with van der Waals surface area (Å²) >= 11 is 0. The zero-order valence-electron chi connectivity index (χ0n) is 18.0. The average Bonchev–Trinajstić information content (AvgIpc) is 2.74. The zero-order chi connectivity index (χ0) is 21.8. The number of carbonyl (C=O) groups is 1. The van der Waals surface area contributed by atoms with Gasteiger partial charge < -0.3 is 0 Å². The van der Waals surface area contributed by atoms with Gasteiger partial charge in [-0.25, -0.2) is 15.6 Å². The number of hydrazone groups is 2. The number of rotatable bonds is 8. The molecule has 0 aliphatic heterocycles. The van der Waals surface area contributed by atoms with E-state index in [4.69, 9.17) is 0 Å². The Morgan fingerprint density at radius 1 is 0.700 bits per heavy atom. The lowest BCUT2D eigenvalue weighted by molar-refractivity contribution is 0.241. The Morgan fingerprint density at radius 2 is 1.07 bits per heavy atom. The standard InChI is InChI=1S/C25H30N4O/c1-19(2)23(17-15-21-11-7-5-8-12-21)26-28-25(30)29-27-24(20(3)4)18-16-22-13-9-6-10-14-22/h5-20H,1-4H3,(H2,28,29,30)/b17-15-,18-16-,26-23+,27-24+. The van der Waals surface area contributed by atoms with Gasteiger partial charge in [0.25, 0.3) is 0 Å². The van der Waals surface area contributed by atoms with Crippen LogP contribution in [-0.2, 0) is 0 Å². The van der Waals surface area contributed by atoms with Gasteiger partial charge in [-0.15, -0.1) is 0 Å². The molecule has 0 saturated carbocycles. The van der Waals surface area contributed by atoms with Crippen LogP contribution in [0.4, 0.5) is 4.79 Å². The second kappa shape index (κ2) is 12.2. The average molecular weight is 403 g/mol. The summed E-state index contributed by atoms with van der Waals surface area (Å²) in [7, 11) is 0. The van der Waals surface area contributed by atoms with Crippen molar-refractivity contribution >= 4 is 29.6 Å². The van der Waals surface area contributed by atoms with E-state index in [9.17, 15) is 4.79 Å². The number of carbonyl (C=O) groups excluding carboxylic acids is 1. The summed E-state index contributed by atoms with van der Waals surface area (Å²) in [5, 5.41) is 8.47. The fraction of sp³-hybridized carbons (Fsp3) is 0.240. The van der Waals surface area contributed by atoms with Gasteiger partial charge >= 0.3 is 6.03 Å². The topological polar surface area (TPSA) is 65.8 Å². The highest BCUT2D eigenvalue weighted by atomic mass is 16.2. The largest absolute Gasteiger partial charge is 0.355 e. The van der Waals surface area contributed by atoms with Crippen LogP contribution >= 0.6 is 0 Å². The number of nitrogens with zero attached hydrogens (tertiary/aromatic N) is 2. The fourth-order valence-corrected chi connectivity index (χ4v) is 2.46. The minimum absolute atomic E-state index is 0.161. The molecule has 0 atom stereocenters. The van der Waals surface area contributed by atoms with Gasteiger partial charge in [0.15, 0.2) is 0 Å². The van der Waals surface area contributed by atoms with Crippen LogP contribution in [-0.4, -0.2) is 17.5 Å². The number of allylic oxidation sites excluding steroid dienone is 2. The predicted molar refractivity (Wildman–Crippen MR) is 127 cm³/mol. The smallest absolute Gasteiger partial charge is 0.245 e. The highest BCUT2D eigenvalue weighted by Gasteiger charge is 2.05. The Balaban J connectivity index is 2.00. The van der Waals surface area contributed by atoms with Gasteiger partial charge in [-0.2, -0.15) is 10.2 Å². The first-order chi connectivity index (χ1) is 14.5. The Kier molecular flexibility index (Phi) is 9.25. The van der Waals surface area contributed by atoms with E-state index in [1.807, 2.05) is 113 Å². The van der Waals surface area contributed by atoms with Crippen molar-refractivity contribution in [1.29, 1.82) is 0 Å². The summed E-state index contributed by atoms with van der Waals surface area (Å²) in [5.41, 5.74) is 8.74. The maximum Gasteiger partial charge on any atom is 0.355 e. The van der Waals surface area contributed by atoms with Crippen molar-refractivity contribution in [1.82, 2.24) is 10.9 Å². The lowest BCUT2D eigenvalue weighted by Gasteiger charge is -2.08. The SMILES string of the molecule is CC(C)C(/C=C\c1ccccc1)=N/NC(=O)N/N=C(\C=C/c1ccccc1)C(C)C. The van der Waals surface area contributed by atoms with Gasteiger partial charge in [-0.3, -0.25) is 0 Å². The second-order valence-corrected chi connectivity index (χ2v) is 7.42. The van der Waals surface area contributed by atoms with Crippen LogP contribution in [0.3, 0.4) is 0 Å². The molecule has 0 unspecified atom stereocenters. The molecular formula is C25H30N4O. The van der Waals surface area contributed by atoms with Crippen LogP contribution in [0.5, 0.6) is 0 Å². The van der Waals surface area contributed by atoms with Gasteiger partial charge in [-0.05, 0) is 35.1 Å². The molecule has 2 aromatic rings. The maximum absolute atomic E-state index is 12.2. The van der Waals surface area contributed by atoms with Crippen LogP contribution in [0.25, 0.3) is 12.2 Å². The van der Waals surface area contributed by atoms with Crippen molar-refractivity contribution in [3.05, 3.63) is 83.9 Å². The van der Waals surface area contributed by atoms with Crippen molar-refractivity contribution in [3.63, 3.8) is 0 Å². The Morgan fingerprint density at radius 3 is 1.40 bits per heavy atom. The Bertz CT molecular complexity index is 835. The number of nitrogens with one attached hydrogen (secondary N) is 2. The van der Waals surface area contributed by atoms with Crippen LogP contribution in [0.15, 0.2) is 83.0 Å². The molecule has 0 spiro atoms. The Hall–Kier alpha value is -3.47. The third kappa shape index (κ3) is 8.27. The molecule has 0 bridgehead atoms. The molecule has 0 heterocycles. The first-order valence-electron chi connectivity index (χ1n) is 10.1. The quantitative estimate of drug-likeness (QED) is 0.429. The normalized spacial score (nSPS) is 12.9. The zero-order valence-corrected chi connectivity index (χ0v) is 18.0. The molecule has 0 aliphatic carbocycles. The molecule has 2 N–H and O–H groups in total. The number of hydrogen-bond donors (Lipinski definition) is 2. The summed E-state index contributed by atoms with van der Waals surface area (Å²) in [6.45, 7) is 8.10. The Labute approximate surface area is 179 Å². The van der Waals surface area contributed by atoms with Crippen LogP contribution < -0.4 is 10.9 Å². The molecule has 0 radical (unpaired) electrons. The van der Waals surface area contributed by atoms with Gasteiger partial charge in [0.2, 0.25) is 0 Å². The summed E-state index contributed by atoms with van der Waals surface area (Å²) in [5.74, 6) is 0.322. The minimum Gasteiger partial charge on any atom is -0.245 e. The summed E-state index contributed by atoms with van der Waals surface area (Å²) in [6, 6.07) is 19.4. The van der Waals surface area contributed by atoms with Crippen LogP contribution in [0.2, 0.25) is 0 Å². The van der Waals surface area contributed by atoms with Crippen molar-refractivity contribution in [3.8, 4) is 0 Å². The third-order valence-electron chi connectivity index (χ3n) is 4.25. The van der Waals surface area contributed by atoms with E-state index in [0.717, 1.165) is 22.6 Å². The van der Waals surface area contributed by atoms with Crippen LogP contribution in [0.1, 0.15) is 38.8 Å². The van der Waals surface area contributed by atoms with E-state index in [-0.39, 0.29) is 11.8 Å². The second-order valence-electron chi connectivity index (χ2n) is 7.42. The molecule has 5 heteroatoms. The highest BCUT2D eigenvalue weighted by molar-refractivity contribution is 6.01. The van der Waals surface area contributed by atoms with Crippen molar-refractivity contribution in [2.45, 2.75) is 27.7 Å². The number of amides is 2. The van der Waals surface area contributed by atoms with Gasteiger partial charge in [0.05, 0.1) is 11.4 Å². The summed E-state index contributed by atoms with van der Waals surface area (Å²) in [4.78, 5) is 12.2.